The fourth-order valence-corrected chi connectivity index (χ4v) is 1.35. The second-order valence-electron chi connectivity index (χ2n) is 4.86. The van der Waals surface area contributed by atoms with Crippen LogP contribution in [0.15, 0.2) is 24.8 Å². The predicted octanol–water partition coefficient (Wildman–Crippen LogP) is 3.91. The van der Waals surface area contributed by atoms with Crippen molar-refractivity contribution in [3.05, 3.63) is 30.3 Å². The molecule has 0 aliphatic rings. The van der Waals surface area contributed by atoms with Crippen molar-refractivity contribution in [2.45, 2.75) is 33.3 Å². The van der Waals surface area contributed by atoms with Crippen LogP contribution in [0, 0.1) is 0 Å². The van der Waals surface area contributed by atoms with Gasteiger partial charge in [-0.05, 0) is 45.4 Å². The van der Waals surface area contributed by atoms with Crippen molar-refractivity contribution in [1.29, 1.82) is 0 Å². The quantitative estimate of drug-likeness (QED) is 0.769. The first kappa shape index (κ1) is 12.6. The Kier molecular flexibility index (Phi) is 3.63. The lowest BCUT2D eigenvalue weighted by Crippen LogP contribution is -2.23. The van der Waals surface area contributed by atoms with Crippen molar-refractivity contribution in [3.63, 3.8) is 0 Å². The first-order valence-electron chi connectivity index (χ1n) is 5.36. The molecule has 16 heavy (non-hydrogen) atoms. The molecule has 0 fully saturated rings. The summed E-state index contributed by atoms with van der Waals surface area (Å²) in [4.78, 5) is 0. The number of benzene rings is 1. The molecular formula is C14H20O2. The highest BCUT2D eigenvalue weighted by molar-refractivity contribution is 5.64. The van der Waals surface area contributed by atoms with E-state index in [0.717, 1.165) is 22.6 Å². The van der Waals surface area contributed by atoms with Gasteiger partial charge in [0, 0.05) is 0 Å². The average molecular weight is 220 g/mol. The van der Waals surface area contributed by atoms with Gasteiger partial charge in [0.2, 0.25) is 0 Å². The molecule has 2 heteroatoms. The maximum atomic E-state index is 5.80. The molecule has 0 bridgehead atoms. The molecule has 0 saturated carbocycles. The Hall–Kier alpha value is -1.44. The van der Waals surface area contributed by atoms with E-state index in [1.54, 1.807) is 7.11 Å². The predicted molar refractivity (Wildman–Crippen MR) is 68.1 cm³/mol. The highest BCUT2D eigenvalue weighted by atomic mass is 16.5. The zero-order valence-electron chi connectivity index (χ0n) is 10.8. The van der Waals surface area contributed by atoms with Crippen LogP contribution in [0.5, 0.6) is 11.5 Å². The summed E-state index contributed by atoms with van der Waals surface area (Å²) in [7, 11) is 1.65. The van der Waals surface area contributed by atoms with E-state index in [1.165, 1.54) is 0 Å². The highest BCUT2D eigenvalue weighted by Gasteiger charge is 2.15. The van der Waals surface area contributed by atoms with Crippen molar-refractivity contribution < 1.29 is 9.47 Å². The van der Waals surface area contributed by atoms with Crippen molar-refractivity contribution in [3.8, 4) is 11.5 Å². The molecule has 0 N–H and O–H groups in total. The van der Waals surface area contributed by atoms with Gasteiger partial charge in [-0.25, -0.2) is 0 Å². The van der Waals surface area contributed by atoms with Gasteiger partial charge in [0.05, 0.1) is 7.11 Å². The van der Waals surface area contributed by atoms with Crippen LogP contribution in [0.4, 0.5) is 0 Å². The molecule has 2 nitrogen and oxygen atoms in total. The van der Waals surface area contributed by atoms with Gasteiger partial charge in [0.25, 0.3) is 0 Å². The van der Waals surface area contributed by atoms with Crippen LogP contribution in [0.3, 0.4) is 0 Å². The topological polar surface area (TPSA) is 18.5 Å². The molecule has 0 spiro atoms. The molecule has 88 valence electrons. The number of rotatable bonds is 3. The largest absolute Gasteiger partial charge is 0.493 e. The van der Waals surface area contributed by atoms with Crippen LogP contribution in [0.1, 0.15) is 33.3 Å². The number of ether oxygens (including phenoxy) is 2. The van der Waals surface area contributed by atoms with E-state index in [0.29, 0.717) is 0 Å². The van der Waals surface area contributed by atoms with Gasteiger partial charge in [-0.2, -0.15) is 0 Å². The lowest BCUT2D eigenvalue weighted by molar-refractivity contribution is 0.125. The molecule has 0 amide bonds. The van der Waals surface area contributed by atoms with Crippen LogP contribution in [-0.4, -0.2) is 12.7 Å². The van der Waals surface area contributed by atoms with E-state index in [2.05, 4.69) is 6.58 Å². The summed E-state index contributed by atoms with van der Waals surface area (Å²) in [6.45, 7) is 11.9. The van der Waals surface area contributed by atoms with E-state index in [9.17, 15) is 0 Å². The molecule has 0 heterocycles. The number of hydrogen-bond acceptors (Lipinski definition) is 2. The van der Waals surface area contributed by atoms with Crippen molar-refractivity contribution in [2.75, 3.05) is 7.11 Å². The smallest absolute Gasteiger partial charge is 0.161 e. The Labute approximate surface area is 97.9 Å². The van der Waals surface area contributed by atoms with Gasteiger partial charge in [0.15, 0.2) is 11.5 Å². The Morgan fingerprint density at radius 1 is 1.19 bits per heavy atom. The lowest BCUT2D eigenvalue weighted by atomic mass is 10.1. The SMILES string of the molecule is C=C(C)c1ccc(OC(C)(C)C)c(OC)c1. The molecule has 1 rings (SSSR count). The first-order chi connectivity index (χ1) is 7.33. The minimum absolute atomic E-state index is 0.224. The maximum absolute atomic E-state index is 5.80. The normalized spacial score (nSPS) is 11.1. The lowest BCUT2D eigenvalue weighted by Gasteiger charge is -2.23. The van der Waals surface area contributed by atoms with Gasteiger partial charge < -0.3 is 9.47 Å². The summed E-state index contributed by atoms with van der Waals surface area (Å²) in [6, 6.07) is 5.86. The molecule has 0 unspecified atom stereocenters. The third-order valence-electron chi connectivity index (χ3n) is 2.07. The Bertz CT molecular complexity index is 386. The summed E-state index contributed by atoms with van der Waals surface area (Å²) >= 11 is 0. The van der Waals surface area contributed by atoms with Gasteiger partial charge in [-0.1, -0.05) is 18.2 Å². The van der Waals surface area contributed by atoms with Crippen LogP contribution in [0.2, 0.25) is 0 Å². The molecule has 0 saturated heterocycles. The number of allylic oxidation sites excluding steroid dienone is 1. The second-order valence-corrected chi connectivity index (χ2v) is 4.86. The number of methoxy groups -OCH3 is 1. The van der Waals surface area contributed by atoms with E-state index >= 15 is 0 Å². The highest BCUT2D eigenvalue weighted by Crippen LogP contribution is 2.32. The monoisotopic (exact) mass is 220 g/mol. The summed E-state index contributed by atoms with van der Waals surface area (Å²) in [6.07, 6.45) is 0. The van der Waals surface area contributed by atoms with Gasteiger partial charge >= 0.3 is 0 Å². The molecule has 0 radical (unpaired) electrons. The zero-order valence-corrected chi connectivity index (χ0v) is 10.8. The zero-order chi connectivity index (χ0) is 12.3. The Morgan fingerprint density at radius 3 is 2.25 bits per heavy atom. The first-order valence-corrected chi connectivity index (χ1v) is 5.36. The van der Waals surface area contributed by atoms with Crippen molar-refractivity contribution >= 4 is 5.57 Å². The van der Waals surface area contributed by atoms with E-state index < -0.39 is 0 Å². The standard InChI is InChI=1S/C14H20O2/c1-10(2)11-7-8-12(13(9-11)15-6)16-14(3,4)5/h7-9H,1H2,2-6H3. The summed E-state index contributed by atoms with van der Waals surface area (Å²) in [5.74, 6) is 1.51. The van der Waals surface area contributed by atoms with Gasteiger partial charge in [-0.3, -0.25) is 0 Å². The van der Waals surface area contributed by atoms with E-state index in [4.69, 9.17) is 9.47 Å². The van der Waals surface area contributed by atoms with E-state index in [1.807, 2.05) is 45.9 Å². The third kappa shape index (κ3) is 3.30. The molecule has 0 aromatic heterocycles. The molecule has 0 aliphatic carbocycles. The van der Waals surface area contributed by atoms with Gasteiger partial charge in [-0.15, -0.1) is 0 Å². The summed E-state index contributed by atoms with van der Waals surface area (Å²) in [5, 5.41) is 0. The molecule has 1 aromatic rings. The van der Waals surface area contributed by atoms with Crippen molar-refractivity contribution in [1.82, 2.24) is 0 Å². The van der Waals surface area contributed by atoms with E-state index in [-0.39, 0.29) is 5.60 Å². The van der Waals surface area contributed by atoms with Gasteiger partial charge in [0.1, 0.15) is 5.60 Å². The van der Waals surface area contributed by atoms with Crippen LogP contribution in [0.25, 0.3) is 5.57 Å². The fourth-order valence-electron chi connectivity index (χ4n) is 1.35. The molecular weight excluding hydrogens is 200 g/mol. The second kappa shape index (κ2) is 4.60. The van der Waals surface area contributed by atoms with Crippen LogP contribution >= 0.6 is 0 Å². The Balaban J connectivity index is 3.07. The maximum Gasteiger partial charge on any atom is 0.161 e. The minimum Gasteiger partial charge on any atom is -0.493 e. The van der Waals surface area contributed by atoms with Crippen LogP contribution < -0.4 is 9.47 Å². The number of hydrogen-bond donors (Lipinski definition) is 0. The summed E-state index contributed by atoms with van der Waals surface area (Å²) in [5.41, 5.74) is 1.86. The minimum atomic E-state index is -0.224. The molecule has 0 aliphatic heterocycles. The third-order valence-corrected chi connectivity index (χ3v) is 2.07. The fraction of sp³-hybridized carbons (Fsp3) is 0.429. The van der Waals surface area contributed by atoms with Crippen molar-refractivity contribution in [2.24, 2.45) is 0 Å². The molecule has 0 atom stereocenters. The average Bonchev–Trinajstić information content (AvgIpc) is 2.15. The molecule has 1 aromatic carbocycles. The Morgan fingerprint density at radius 2 is 1.81 bits per heavy atom. The van der Waals surface area contributed by atoms with Crippen LogP contribution in [-0.2, 0) is 0 Å². The summed E-state index contributed by atoms with van der Waals surface area (Å²) < 4.78 is 11.1.